The summed E-state index contributed by atoms with van der Waals surface area (Å²) >= 11 is 0. The van der Waals surface area contributed by atoms with Crippen LogP contribution in [0.15, 0.2) is 0 Å². The van der Waals surface area contributed by atoms with Crippen molar-refractivity contribution in [3.63, 3.8) is 0 Å². The topological polar surface area (TPSA) is 26.0 Å². The number of nitrogens with two attached hydrogens (primary N) is 1. The van der Waals surface area contributed by atoms with Gasteiger partial charge in [-0.3, -0.25) is 0 Å². The first kappa shape index (κ1) is 9.05. The van der Waals surface area contributed by atoms with E-state index in [9.17, 15) is 0 Å². The standard InChI is InChI=1S/C10H21N/c1-2-3-6-9-7-4-5-8-10(9)11/h9-10H,2-8,11H2,1H3. The molecule has 0 aromatic heterocycles. The lowest BCUT2D eigenvalue weighted by atomic mass is 9.82. The Morgan fingerprint density at radius 3 is 2.64 bits per heavy atom. The van der Waals surface area contributed by atoms with E-state index in [0.29, 0.717) is 6.04 Å². The summed E-state index contributed by atoms with van der Waals surface area (Å²) in [5.74, 6) is 0.851. The summed E-state index contributed by atoms with van der Waals surface area (Å²) in [4.78, 5) is 0. The highest BCUT2D eigenvalue weighted by Gasteiger charge is 2.20. The summed E-state index contributed by atoms with van der Waals surface area (Å²) in [6, 6.07) is 0.523. The largest absolute Gasteiger partial charge is 0.327 e. The van der Waals surface area contributed by atoms with Gasteiger partial charge in [0.05, 0.1) is 0 Å². The van der Waals surface area contributed by atoms with E-state index in [1.54, 1.807) is 0 Å². The zero-order valence-corrected chi connectivity index (χ0v) is 7.68. The zero-order chi connectivity index (χ0) is 8.10. The van der Waals surface area contributed by atoms with Gasteiger partial charge in [-0.25, -0.2) is 0 Å². The van der Waals surface area contributed by atoms with Crippen LogP contribution in [0.4, 0.5) is 0 Å². The maximum Gasteiger partial charge on any atom is 0.00671 e. The Morgan fingerprint density at radius 2 is 2.00 bits per heavy atom. The molecule has 0 aromatic carbocycles. The second-order valence-corrected chi connectivity index (χ2v) is 3.85. The average Bonchev–Trinajstić information content (AvgIpc) is 2.03. The van der Waals surface area contributed by atoms with Gasteiger partial charge in [0.2, 0.25) is 0 Å². The highest BCUT2D eigenvalue weighted by Crippen LogP contribution is 2.26. The van der Waals surface area contributed by atoms with Crippen molar-refractivity contribution < 1.29 is 0 Å². The van der Waals surface area contributed by atoms with Crippen LogP contribution in [0, 0.1) is 5.92 Å². The third-order valence-electron chi connectivity index (χ3n) is 2.90. The lowest BCUT2D eigenvalue weighted by molar-refractivity contribution is 0.286. The molecular formula is C10H21N. The van der Waals surface area contributed by atoms with Crippen LogP contribution in [0.2, 0.25) is 0 Å². The molecule has 0 radical (unpaired) electrons. The first-order valence-electron chi connectivity index (χ1n) is 5.10. The number of hydrogen-bond donors (Lipinski definition) is 1. The smallest absolute Gasteiger partial charge is 0.00671 e. The Morgan fingerprint density at radius 1 is 1.27 bits per heavy atom. The third kappa shape index (κ3) is 2.82. The van der Waals surface area contributed by atoms with Crippen LogP contribution < -0.4 is 5.73 Å². The minimum Gasteiger partial charge on any atom is -0.327 e. The second-order valence-electron chi connectivity index (χ2n) is 3.85. The molecule has 0 heterocycles. The van der Waals surface area contributed by atoms with Crippen molar-refractivity contribution in [3.05, 3.63) is 0 Å². The molecule has 1 fully saturated rings. The molecule has 0 spiro atoms. The SMILES string of the molecule is CCCCC1CCCCC1N. The van der Waals surface area contributed by atoms with Gasteiger partial charge in [0.25, 0.3) is 0 Å². The van der Waals surface area contributed by atoms with Gasteiger partial charge in [-0.05, 0) is 25.2 Å². The van der Waals surface area contributed by atoms with E-state index in [1.165, 1.54) is 44.9 Å². The summed E-state index contributed by atoms with van der Waals surface area (Å²) < 4.78 is 0. The van der Waals surface area contributed by atoms with Crippen LogP contribution in [-0.2, 0) is 0 Å². The van der Waals surface area contributed by atoms with Crippen molar-refractivity contribution in [2.75, 3.05) is 0 Å². The minimum absolute atomic E-state index is 0.523. The van der Waals surface area contributed by atoms with E-state index >= 15 is 0 Å². The summed E-state index contributed by atoms with van der Waals surface area (Å²) in [6.45, 7) is 2.26. The van der Waals surface area contributed by atoms with Crippen LogP contribution in [0.25, 0.3) is 0 Å². The Balaban J connectivity index is 2.18. The molecule has 0 aliphatic heterocycles. The Labute approximate surface area is 70.4 Å². The van der Waals surface area contributed by atoms with Crippen LogP contribution in [-0.4, -0.2) is 6.04 Å². The van der Waals surface area contributed by atoms with E-state index < -0.39 is 0 Å². The van der Waals surface area contributed by atoms with E-state index in [-0.39, 0.29) is 0 Å². The lowest BCUT2D eigenvalue weighted by Crippen LogP contribution is -2.32. The molecule has 2 unspecified atom stereocenters. The van der Waals surface area contributed by atoms with Gasteiger partial charge in [-0.15, -0.1) is 0 Å². The van der Waals surface area contributed by atoms with Crippen molar-refractivity contribution >= 4 is 0 Å². The summed E-state index contributed by atoms with van der Waals surface area (Å²) in [5, 5.41) is 0. The maximum absolute atomic E-state index is 6.02. The van der Waals surface area contributed by atoms with Gasteiger partial charge >= 0.3 is 0 Å². The molecule has 1 saturated carbocycles. The highest BCUT2D eigenvalue weighted by molar-refractivity contribution is 4.77. The minimum atomic E-state index is 0.523. The quantitative estimate of drug-likeness (QED) is 0.666. The molecule has 2 atom stereocenters. The molecule has 0 saturated heterocycles. The molecule has 11 heavy (non-hydrogen) atoms. The molecule has 0 amide bonds. The molecule has 1 rings (SSSR count). The fourth-order valence-electron chi connectivity index (χ4n) is 2.06. The van der Waals surface area contributed by atoms with E-state index in [4.69, 9.17) is 5.73 Å². The Bertz CT molecular complexity index is 101. The van der Waals surface area contributed by atoms with Crippen LogP contribution in [0.1, 0.15) is 51.9 Å². The first-order chi connectivity index (χ1) is 5.34. The van der Waals surface area contributed by atoms with Gasteiger partial charge < -0.3 is 5.73 Å². The van der Waals surface area contributed by atoms with E-state index in [0.717, 1.165) is 5.92 Å². The summed E-state index contributed by atoms with van der Waals surface area (Å²) in [5.41, 5.74) is 6.02. The van der Waals surface area contributed by atoms with Crippen molar-refractivity contribution in [2.24, 2.45) is 11.7 Å². The monoisotopic (exact) mass is 155 g/mol. The molecule has 66 valence electrons. The number of hydrogen-bond acceptors (Lipinski definition) is 1. The average molecular weight is 155 g/mol. The number of unbranched alkanes of at least 4 members (excludes halogenated alkanes) is 1. The summed E-state index contributed by atoms with van der Waals surface area (Å²) in [7, 11) is 0. The van der Waals surface area contributed by atoms with Crippen LogP contribution >= 0.6 is 0 Å². The predicted molar refractivity (Wildman–Crippen MR) is 49.5 cm³/mol. The highest BCUT2D eigenvalue weighted by atomic mass is 14.7. The van der Waals surface area contributed by atoms with Crippen molar-refractivity contribution in [1.29, 1.82) is 0 Å². The normalized spacial score (nSPS) is 32.2. The van der Waals surface area contributed by atoms with Crippen LogP contribution in [0.5, 0.6) is 0 Å². The van der Waals surface area contributed by atoms with Gasteiger partial charge in [0.1, 0.15) is 0 Å². The molecule has 1 aliphatic rings. The van der Waals surface area contributed by atoms with E-state index in [2.05, 4.69) is 6.92 Å². The second kappa shape index (κ2) is 4.76. The maximum atomic E-state index is 6.02. The lowest BCUT2D eigenvalue weighted by Gasteiger charge is -2.28. The van der Waals surface area contributed by atoms with Gasteiger partial charge in [0.15, 0.2) is 0 Å². The molecule has 1 nitrogen and oxygen atoms in total. The Hall–Kier alpha value is -0.0400. The third-order valence-corrected chi connectivity index (χ3v) is 2.90. The van der Waals surface area contributed by atoms with Gasteiger partial charge in [0, 0.05) is 6.04 Å². The van der Waals surface area contributed by atoms with Crippen molar-refractivity contribution in [3.8, 4) is 0 Å². The zero-order valence-electron chi connectivity index (χ0n) is 7.68. The molecule has 0 aromatic rings. The molecule has 1 aliphatic carbocycles. The number of rotatable bonds is 3. The van der Waals surface area contributed by atoms with E-state index in [1.807, 2.05) is 0 Å². The van der Waals surface area contributed by atoms with Crippen molar-refractivity contribution in [2.45, 2.75) is 57.9 Å². The Kier molecular flexibility index (Phi) is 3.92. The first-order valence-corrected chi connectivity index (χ1v) is 5.10. The van der Waals surface area contributed by atoms with Gasteiger partial charge in [-0.2, -0.15) is 0 Å². The summed E-state index contributed by atoms with van der Waals surface area (Å²) in [6.07, 6.45) is 9.51. The van der Waals surface area contributed by atoms with Crippen molar-refractivity contribution in [1.82, 2.24) is 0 Å². The van der Waals surface area contributed by atoms with Crippen LogP contribution in [0.3, 0.4) is 0 Å². The molecule has 1 heteroatoms. The molecular weight excluding hydrogens is 134 g/mol. The van der Waals surface area contributed by atoms with Gasteiger partial charge in [-0.1, -0.05) is 32.6 Å². The fraction of sp³-hybridized carbons (Fsp3) is 1.00. The fourth-order valence-corrected chi connectivity index (χ4v) is 2.06. The predicted octanol–water partition coefficient (Wildman–Crippen LogP) is 2.69. The molecule has 2 N–H and O–H groups in total. The molecule has 0 bridgehead atoms.